The third-order valence-corrected chi connectivity index (χ3v) is 1.50. The number of carbonyl (C=O) groups excluding carboxylic acids is 2. The Morgan fingerprint density at radius 1 is 1.36 bits per heavy atom. The summed E-state index contributed by atoms with van der Waals surface area (Å²) in [6.07, 6.45) is 0.625. The lowest BCUT2D eigenvalue weighted by atomic mass is 10.3. The number of para-hydroxylation sites is 1. The Bertz CT molecular complexity index is 297. The van der Waals surface area contributed by atoms with Crippen LogP contribution in [-0.2, 0) is 9.59 Å². The van der Waals surface area contributed by atoms with Gasteiger partial charge >= 0.3 is 0 Å². The van der Waals surface area contributed by atoms with Crippen molar-refractivity contribution in [1.29, 1.82) is 0 Å². The number of ether oxygens (including phenoxy) is 1. The lowest BCUT2D eigenvalue weighted by molar-refractivity contribution is -0.124. The van der Waals surface area contributed by atoms with Crippen molar-refractivity contribution in [1.82, 2.24) is 5.32 Å². The smallest absolute Gasteiger partial charge is 0.258 e. The van der Waals surface area contributed by atoms with E-state index in [2.05, 4.69) is 5.32 Å². The summed E-state index contributed by atoms with van der Waals surface area (Å²) >= 11 is 0. The van der Waals surface area contributed by atoms with Gasteiger partial charge in [-0.25, -0.2) is 0 Å². The van der Waals surface area contributed by atoms with Crippen molar-refractivity contribution in [2.75, 3.05) is 13.2 Å². The number of carbonyl (C=O) groups is 2. The van der Waals surface area contributed by atoms with Gasteiger partial charge in [0.1, 0.15) is 12.0 Å². The van der Waals surface area contributed by atoms with E-state index in [1.54, 1.807) is 12.1 Å². The number of hydrogen-bond donors (Lipinski definition) is 1. The van der Waals surface area contributed by atoms with Crippen molar-refractivity contribution in [3.05, 3.63) is 30.3 Å². The minimum absolute atomic E-state index is 0.0248. The first-order valence-corrected chi connectivity index (χ1v) is 4.21. The zero-order valence-electron chi connectivity index (χ0n) is 7.60. The molecule has 0 aromatic heterocycles. The number of benzene rings is 1. The van der Waals surface area contributed by atoms with Gasteiger partial charge in [-0.15, -0.1) is 0 Å². The second-order valence-electron chi connectivity index (χ2n) is 2.57. The van der Waals surface area contributed by atoms with Crippen molar-refractivity contribution in [3.8, 4) is 5.75 Å². The summed E-state index contributed by atoms with van der Waals surface area (Å²) in [4.78, 5) is 20.9. The van der Waals surface area contributed by atoms with Gasteiger partial charge in [-0.2, -0.15) is 0 Å². The third kappa shape index (κ3) is 3.71. The zero-order valence-corrected chi connectivity index (χ0v) is 7.60. The largest absolute Gasteiger partial charge is 0.484 e. The lowest BCUT2D eigenvalue weighted by Crippen LogP contribution is -2.30. The van der Waals surface area contributed by atoms with Crippen molar-refractivity contribution >= 4 is 12.2 Å². The first kappa shape index (κ1) is 10.2. The highest BCUT2D eigenvalue weighted by atomic mass is 16.5. The Morgan fingerprint density at radius 3 is 2.71 bits per heavy atom. The fourth-order valence-electron chi connectivity index (χ4n) is 0.872. The van der Waals surface area contributed by atoms with Crippen molar-refractivity contribution in [2.45, 2.75) is 0 Å². The van der Waals surface area contributed by atoms with Crippen LogP contribution in [0.4, 0.5) is 0 Å². The molecule has 0 radical (unpaired) electrons. The summed E-state index contributed by atoms with van der Waals surface area (Å²) in [7, 11) is 0. The SMILES string of the molecule is O=CCNC(=O)COc1ccccc1. The zero-order chi connectivity index (χ0) is 10.2. The molecule has 0 spiro atoms. The molecule has 1 N–H and O–H groups in total. The molecule has 4 heteroatoms. The molecule has 1 aromatic carbocycles. The standard InChI is InChI=1S/C10H11NO3/c12-7-6-11-10(13)8-14-9-4-2-1-3-5-9/h1-5,7H,6,8H2,(H,11,13). The molecule has 0 fully saturated rings. The second-order valence-corrected chi connectivity index (χ2v) is 2.57. The van der Waals surface area contributed by atoms with Crippen LogP contribution < -0.4 is 10.1 Å². The molecule has 1 rings (SSSR count). The van der Waals surface area contributed by atoms with Crippen molar-refractivity contribution < 1.29 is 14.3 Å². The van der Waals surface area contributed by atoms with Gasteiger partial charge in [0.05, 0.1) is 6.54 Å². The van der Waals surface area contributed by atoms with Crippen molar-refractivity contribution in [3.63, 3.8) is 0 Å². The maximum absolute atomic E-state index is 11.0. The Balaban J connectivity index is 2.27. The minimum Gasteiger partial charge on any atom is -0.484 e. The fraction of sp³-hybridized carbons (Fsp3) is 0.200. The summed E-state index contributed by atoms with van der Waals surface area (Å²) in [5, 5.41) is 2.37. The Labute approximate surface area is 81.9 Å². The third-order valence-electron chi connectivity index (χ3n) is 1.50. The number of aldehydes is 1. The summed E-state index contributed by atoms with van der Waals surface area (Å²) in [5.74, 6) is 0.328. The van der Waals surface area contributed by atoms with E-state index in [0.29, 0.717) is 12.0 Å². The number of amides is 1. The van der Waals surface area contributed by atoms with Gasteiger partial charge in [0.2, 0.25) is 0 Å². The first-order valence-electron chi connectivity index (χ1n) is 4.21. The van der Waals surface area contributed by atoms with Crippen LogP contribution >= 0.6 is 0 Å². The van der Waals surface area contributed by atoms with E-state index in [0.717, 1.165) is 0 Å². The number of nitrogens with one attached hydrogen (secondary N) is 1. The van der Waals surface area contributed by atoms with Crippen LogP contribution in [0.15, 0.2) is 30.3 Å². The highest BCUT2D eigenvalue weighted by Gasteiger charge is 2.00. The molecule has 0 atom stereocenters. The van der Waals surface area contributed by atoms with Gasteiger partial charge in [0.25, 0.3) is 5.91 Å². The van der Waals surface area contributed by atoms with Crippen LogP contribution in [0, 0.1) is 0 Å². The van der Waals surface area contributed by atoms with E-state index < -0.39 is 0 Å². The normalized spacial score (nSPS) is 9.14. The van der Waals surface area contributed by atoms with Crippen LogP contribution in [0.2, 0.25) is 0 Å². The van der Waals surface area contributed by atoms with Gasteiger partial charge in [-0.05, 0) is 12.1 Å². The average molecular weight is 193 g/mol. The van der Waals surface area contributed by atoms with E-state index in [-0.39, 0.29) is 19.1 Å². The molecule has 4 nitrogen and oxygen atoms in total. The van der Waals surface area contributed by atoms with E-state index in [1.165, 1.54) is 0 Å². The molecular weight excluding hydrogens is 182 g/mol. The minimum atomic E-state index is -0.305. The maximum atomic E-state index is 11.0. The second kappa shape index (κ2) is 5.75. The van der Waals surface area contributed by atoms with E-state index in [9.17, 15) is 9.59 Å². The predicted octanol–water partition coefficient (Wildman–Crippen LogP) is 0.380. The number of rotatable bonds is 5. The van der Waals surface area contributed by atoms with Gasteiger partial charge in [0, 0.05) is 0 Å². The van der Waals surface area contributed by atoms with Gasteiger partial charge < -0.3 is 14.8 Å². The van der Waals surface area contributed by atoms with Crippen LogP contribution in [0.1, 0.15) is 0 Å². The van der Waals surface area contributed by atoms with Gasteiger partial charge in [-0.1, -0.05) is 18.2 Å². The molecule has 0 aliphatic heterocycles. The molecule has 1 amide bonds. The van der Waals surface area contributed by atoms with Gasteiger partial charge in [0.15, 0.2) is 6.61 Å². The highest BCUT2D eigenvalue weighted by molar-refractivity contribution is 5.79. The van der Waals surface area contributed by atoms with Gasteiger partial charge in [-0.3, -0.25) is 4.79 Å². The van der Waals surface area contributed by atoms with Crippen LogP contribution in [-0.4, -0.2) is 25.3 Å². The fourth-order valence-corrected chi connectivity index (χ4v) is 0.872. The molecule has 14 heavy (non-hydrogen) atoms. The molecule has 0 unspecified atom stereocenters. The highest BCUT2D eigenvalue weighted by Crippen LogP contribution is 2.07. The molecule has 0 heterocycles. The van der Waals surface area contributed by atoms with Crippen LogP contribution in [0.5, 0.6) is 5.75 Å². The summed E-state index contributed by atoms with van der Waals surface area (Å²) in [6, 6.07) is 9.01. The van der Waals surface area contributed by atoms with Crippen molar-refractivity contribution in [2.24, 2.45) is 0 Å². The summed E-state index contributed by atoms with van der Waals surface area (Å²) in [5.41, 5.74) is 0. The maximum Gasteiger partial charge on any atom is 0.258 e. The molecular formula is C10H11NO3. The molecule has 1 aromatic rings. The average Bonchev–Trinajstić information content (AvgIpc) is 2.25. The van der Waals surface area contributed by atoms with Crippen LogP contribution in [0.3, 0.4) is 0 Å². The van der Waals surface area contributed by atoms with E-state index in [1.807, 2.05) is 18.2 Å². The summed E-state index contributed by atoms with van der Waals surface area (Å²) in [6.45, 7) is -0.0468. The Kier molecular flexibility index (Phi) is 4.20. The first-order chi connectivity index (χ1) is 6.83. The van der Waals surface area contributed by atoms with E-state index in [4.69, 9.17) is 4.74 Å². The number of hydrogen-bond acceptors (Lipinski definition) is 3. The Hall–Kier alpha value is -1.84. The molecule has 74 valence electrons. The molecule has 0 bridgehead atoms. The Morgan fingerprint density at radius 2 is 2.07 bits per heavy atom. The topological polar surface area (TPSA) is 55.4 Å². The molecule has 0 aliphatic carbocycles. The lowest BCUT2D eigenvalue weighted by Gasteiger charge is -2.04. The molecule has 0 saturated heterocycles. The predicted molar refractivity (Wildman–Crippen MR) is 51.0 cm³/mol. The quantitative estimate of drug-likeness (QED) is 0.688. The molecule has 0 saturated carbocycles. The van der Waals surface area contributed by atoms with Crippen LogP contribution in [0.25, 0.3) is 0 Å². The van der Waals surface area contributed by atoms with E-state index >= 15 is 0 Å². The monoisotopic (exact) mass is 193 g/mol. The summed E-state index contributed by atoms with van der Waals surface area (Å²) < 4.78 is 5.14. The molecule has 0 aliphatic rings.